The molecule has 0 aromatic heterocycles. The zero-order valence-corrected chi connectivity index (χ0v) is 49.7. The highest BCUT2D eigenvalue weighted by Crippen LogP contribution is 2.24. The number of nitrogens with one attached hydrogen (secondary N) is 8. The van der Waals surface area contributed by atoms with E-state index in [1.807, 2.05) is 6.92 Å². The Morgan fingerprint density at radius 3 is 1.58 bits per heavy atom. The Kier molecular flexibility index (Phi) is 30.7. The summed E-state index contributed by atoms with van der Waals surface area (Å²) < 4.78 is 0. The van der Waals surface area contributed by atoms with Gasteiger partial charge in [-0.1, -0.05) is 84.8 Å². The maximum Gasteiger partial charge on any atom is 0.268 e. The van der Waals surface area contributed by atoms with Crippen molar-refractivity contribution in [2.75, 3.05) is 13.6 Å². The Hall–Kier alpha value is -7.53. The van der Waals surface area contributed by atoms with Crippen molar-refractivity contribution in [1.29, 1.82) is 0 Å². The van der Waals surface area contributed by atoms with Crippen LogP contribution >= 0.6 is 0 Å². The van der Waals surface area contributed by atoms with Crippen molar-refractivity contribution in [3.8, 4) is 0 Å². The van der Waals surface area contributed by atoms with Crippen LogP contribution in [0, 0.1) is 11.8 Å². The minimum absolute atomic E-state index is 0.0418. The summed E-state index contributed by atoms with van der Waals surface area (Å²) in [4.78, 5) is 179. The van der Waals surface area contributed by atoms with Crippen LogP contribution in [0.2, 0.25) is 0 Å². The lowest BCUT2D eigenvalue weighted by molar-refractivity contribution is -0.151. The number of carbonyl (C=O) groups is 13. The highest BCUT2D eigenvalue weighted by Gasteiger charge is 2.44. The van der Waals surface area contributed by atoms with Gasteiger partial charge in [0, 0.05) is 13.6 Å². The van der Waals surface area contributed by atoms with E-state index >= 15 is 0 Å². The molecule has 0 bridgehead atoms. The van der Waals surface area contributed by atoms with E-state index in [4.69, 9.17) is 17.2 Å². The number of likely N-dealkylation sites (N-methyl/N-ethyl adjacent to an activating group) is 1. The lowest BCUT2D eigenvalue weighted by Gasteiger charge is -2.36. The normalized spacial score (nSPS) is 26.8. The minimum atomic E-state index is -2.04. The van der Waals surface area contributed by atoms with Gasteiger partial charge in [0.1, 0.15) is 53.7 Å². The Morgan fingerprint density at radius 2 is 1.10 bits per heavy atom. The fourth-order valence-corrected chi connectivity index (χ4v) is 9.58. The van der Waals surface area contributed by atoms with Crippen LogP contribution < -0.4 is 59.7 Å². The summed E-state index contributed by atoms with van der Waals surface area (Å²) in [5, 5.41) is 51.6. The van der Waals surface area contributed by atoms with Crippen LogP contribution in [0.15, 0.2) is 23.5 Å². The number of primary amides is 3. The van der Waals surface area contributed by atoms with Crippen molar-refractivity contribution in [2.24, 2.45) is 29.0 Å². The standard InChI is InChI=1S/C55H91N13O16/c1-10-32(70)22-19-17-15-13-14-16-18-21-29(6)43-45(74)53(82)64-42(28(4)5)52(81)61-34(12-3)48(77)63-36(26-40(57)72)50(79)60-33(11-2)47(76)62-35(25-39(56)71)49(78)59-30(7)46(75)66-44(31(8)69)55(84)67(9)38(27-41(58)73)54(83)68-24-20-23-37(68)51(80)65-43/h11-12,28-32,35-38,42-45,69-70,74H,10,13-27H2,1-9H3,(H2,56,71)(H2,57,72)(H2,58,73)(H,59,78)(H,60,79)(H,61,81)(H,62,76)(H,63,77)(H,64,82)(H,65,80)(H,66,75)/b33-11+,34-12+/t29-,30+,31+,32?,35?,36-,37-,38-,42-,43+,44?,45+/m0/s1. The molecule has 29 heteroatoms. The van der Waals surface area contributed by atoms with Crippen molar-refractivity contribution in [1.82, 2.24) is 52.3 Å². The first kappa shape index (κ1) is 72.6. The first-order valence-corrected chi connectivity index (χ1v) is 28.6. The van der Waals surface area contributed by atoms with Crippen LogP contribution in [0.5, 0.6) is 0 Å². The fraction of sp³-hybridized carbons (Fsp3) is 0.691. The number of allylic oxidation sites excluding steroid dienone is 2. The van der Waals surface area contributed by atoms with Crippen molar-refractivity contribution in [3.63, 3.8) is 0 Å². The average Bonchev–Trinajstić information content (AvgIpc) is 4.06. The molecule has 0 saturated carbocycles. The van der Waals surface area contributed by atoms with E-state index in [2.05, 4.69) is 42.5 Å². The summed E-state index contributed by atoms with van der Waals surface area (Å²) in [6, 6.07) is -13.0. The van der Waals surface area contributed by atoms with Crippen molar-refractivity contribution < 1.29 is 77.6 Å². The highest BCUT2D eigenvalue weighted by molar-refractivity contribution is 6.05. The first-order chi connectivity index (χ1) is 39.4. The molecule has 0 radical (unpaired) electrons. The van der Waals surface area contributed by atoms with Crippen LogP contribution in [0.25, 0.3) is 0 Å². The van der Waals surface area contributed by atoms with Crippen LogP contribution in [-0.4, -0.2) is 182 Å². The lowest BCUT2D eigenvalue weighted by Crippen LogP contribution is -2.62. The molecule has 3 unspecified atom stereocenters. The number of nitrogens with zero attached hydrogens (tertiary/aromatic N) is 2. The van der Waals surface area contributed by atoms with Gasteiger partial charge < -0.3 is 84.9 Å². The Labute approximate surface area is 489 Å². The van der Waals surface area contributed by atoms with Crippen molar-refractivity contribution >= 4 is 76.8 Å². The molecule has 29 nitrogen and oxygen atoms in total. The largest absolute Gasteiger partial charge is 0.393 e. The molecule has 12 atom stereocenters. The molecule has 0 aliphatic carbocycles. The predicted molar refractivity (Wildman–Crippen MR) is 303 cm³/mol. The summed E-state index contributed by atoms with van der Waals surface area (Å²) in [5.41, 5.74) is 15.3. The van der Waals surface area contributed by atoms with Crippen molar-refractivity contribution in [3.05, 3.63) is 23.5 Å². The van der Waals surface area contributed by atoms with Crippen LogP contribution in [-0.2, 0) is 62.3 Å². The Morgan fingerprint density at radius 1 is 0.607 bits per heavy atom. The topological polar surface area (TPSA) is 463 Å². The third-order valence-electron chi connectivity index (χ3n) is 14.7. The number of hydrogen-bond acceptors (Lipinski definition) is 16. The molecule has 2 rings (SSSR count). The number of carbonyl (C=O) groups excluding carboxylic acids is 13. The van der Waals surface area contributed by atoms with Crippen molar-refractivity contribution in [2.45, 2.75) is 218 Å². The molecule has 2 aliphatic heterocycles. The molecule has 2 saturated heterocycles. The van der Waals surface area contributed by atoms with Gasteiger partial charge in [-0.25, -0.2) is 0 Å². The number of nitrogens with two attached hydrogens (primary N) is 3. The third kappa shape index (κ3) is 22.9. The average molecular weight is 1190 g/mol. The molecule has 13 amide bonds. The number of amides is 13. The zero-order valence-electron chi connectivity index (χ0n) is 49.7. The number of fused-ring (bicyclic) bond motifs is 1. The molecule has 2 heterocycles. The summed E-state index contributed by atoms with van der Waals surface area (Å²) in [6.07, 6.45) is 3.61. The van der Waals surface area contributed by atoms with Gasteiger partial charge in [0.2, 0.25) is 59.1 Å². The third-order valence-corrected chi connectivity index (χ3v) is 14.7. The van der Waals surface area contributed by atoms with E-state index < -0.39 is 180 Å². The van der Waals surface area contributed by atoms with E-state index in [1.54, 1.807) is 20.8 Å². The molecule has 0 aromatic carbocycles. The van der Waals surface area contributed by atoms with E-state index in [1.165, 1.54) is 13.8 Å². The fourth-order valence-electron chi connectivity index (χ4n) is 9.58. The number of unbranched alkanes of at least 4 members (excludes halogenated alkanes) is 6. The monoisotopic (exact) mass is 1190 g/mol. The van der Waals surface area contributed by atoms with Gasteiger partial charge in [-0.15, -0.1) is 0 Å². The molecule has 17 N–H and O–H groups in total. The molecule has 2 aliphatic rings. The Bertz CT molecular complexity index is 2430. The minimum Gasteiger partial charge on any atom is -0.393 e. The van der Waals surface area contributed by atoms with Gasteiger partial charge in [-0.3, -0.25) is 62.3 Å². The summed E-state index contributed by atoms with van der Waals surface area (Å²) >= 11 is 0. The smallest absolute Gasteiger partial charge is 0.268 e. The van der Waals surface area contributed by atoms with E-state index in [-0.39, 0.29) is 25.5 Å². The zero-order chi connectivity index (χ0) is 63.7. The summed E-state index contributed by atoms with van der Waals surface area (Å²) in [5.74, 6) is -15.5. The molecular formula is C55H91N13O16. The molecule has 0 aromatic rings. The number of aliphatic hydroxyl groups excluding tert-OH is 3. The number of aliphatic hydroxyl groups is 3. The molecule has 0 spiro atoms. The van der Waals surface area contributed by atoms with E-state index in [9.17, 15) is 77.6 Å². The lowest BCUT2D eigenvalue weighted by atomic mass is 9.90. The summed E-state index contributed by atoms with van der Waals surface area (Å²) in [7, 11) is 1.09. The van der Waals surface area contributed by atoms with Crippen LogP contribution in [0.4, 0.5) is 0 Å². The van der Waals surface area contributed by atoms with Gasteiger partial charge in [-0.05, 0) is 71.6 Å². The molecule has 472 valence electrons. The van der Waals surface area contributed by atoms with Gasteiger partial charge in [-0.2, -0.15) is 0 Å². The maximum absolute atomic E-state index is 14.6. The van der Waals surface area contributed by atoms with Gasteiger partial charge in [0.15, 0.2) is 6.10 Å². The molecular weight excluding hydrogens is 1100 g/mol. The second kappa shape index (κ2) is 35.6. The highest BCUT2D eigenvalue weighted by atomic mass is 16.3. The second-order valence-corrected chi connectivity index (χ2v) is 21.9. The Balaban J connectivity index is 2.76. The SMILES string of the molecule is C/C=C1/NC(=O)[C@H](CC(N)=O)NC(=O)/C(=C\C)NC(=O)[C@H](C(C)C)NC(=O)[C@H](O)[C@@H]([C@@H](C)CCCCCCCCCC(O)CC)NC(=O)[C@@H]2CCCN2C(=O)[C@H](CC(N)=O)N(C)C(=O)C([C@@H](C)O)NC(=O)[C@@H](C)NC(=O)C(CC(N)=O)NC1=O. The van der Waals surface area contributed by atoms with E-state index in [0.29, 0.717) is 19.3 Å². The van der Waals surface area contributed by atoms with Crippen LogP contribution in [0.1, 0.15) is 152 Å². The predicted octanol–water partition coefficient (Wildman–Crippen LogP) is -3.27. The maximum atomic E-state index is 14.6. The number of rotatable bonds is 20. The van der Waals surface area contributed by atoms with E-state index in [0.717, 1.165) is 87.8 Å². The molecule has 2 fully saturated rings. The van der Waals surface area contributed by atoms with Crippen LogP contribution in [0.3, 0.4) is 0 Å². The van der Waals surface area contributed by atoms with Gasteiger partial charge >= 0.3 is 0 Å². The van der Waals surface area contributed by atoms with Gasteiger partial charge in [0.25, 0.3) is 17.7 Å². The second-order valence-electron chi connectivity index (χ2n) is 21.9. The molecule has 84 heavy (non-hydrogen) atoms. The first-order valence-electron chi connectivity index (χ1n) is 28.6. The quantitative estimate of drug-likeness (QED) is 0.0420. The summed E-state index contributed by atoms with van der Waals surface area (Å²) in [6.45, 7) is 11.5. The van der Waals surface area contributed by atoms with Gasteiger partial charge in [0.05, 0.1) is 37.5 Å². The number of hydrogen-bond donors (Lipinski definition) is 14.